The number of imidazole rings is 1. The van der Waals surface area contributed by atoms with Crippen LogP contribution in [0.3, 0.4) is 0 Å². The number of nitrogens with zero attached hydrogens (tertiary/aromatic N) is 3. The summed E-state index contributed by atoms with van der Waals surface area (Å²) in [5.74, 6) is 0. The zero-order valence-corrected chi connectivity index (χ0v) is 8.67. The van der Waals surface area contributed by atoms with Crippen LogP contribution in [0.15, 0.2) is 36.8 Å². The van der Waals surface area contributed by atoms with Crippen molar-refractivity contribution < 1.29 is 5.11 Å². The molecule has 1 aromatic carbocycles. The standard InChI is InChI=1S/C12H11N3O/c13-5-10-2-1-3-11(4-10)6-15-7-12(8-16)14-9-15/h1-4,7,9,16H,6,8H2. The SMILES string of the molecule is N#Cc1cccc(Cn2cnc(CO)c2)c1. The van der Waals surface area contributed by atoms with Crippen LogP contribution in [-0.2, 0) is 13.2 Å². The van der Waals surface area contributed by atoms with E-state index in [4.69, 9.17) is 10.4 Å². The van der Waals surface area contributed by atoms with Crippen LogP contribution in [0.5, 0.6) is 0 Å². The Hall–Kier alpha value is -2.12. The monoisotopic (exact) mass is 213 g/mol. The lowest BCUT2D eigenvalue weighted by atomic mass is 10.1. The predicted molar refractivity (Wildman–Crippen MR) is 58.4 cm³/mol. The fourth-order valence-corrected chi connectivity index (χ4v) is 1.52. The van der Waals surface area contributed by atoms with Gasteiger partial charge in [-0.05, 0) is 17.7 Å². The molecule has 0 atom stereocenters. The minimum Gasteiger partial charge on any atom is -0.390 e. The highest BCUT2D eigenvalue weighted by atomic mass is 16.3. The third kappa shape index (κ3) is 2.27. The van der Waals surface area contributed by atoms with Crippen molar-refractivity contribution in [2.75, 3.05) is 0 Å². The van der Waals surface area contributed by atoms with Crippen molar-refractivity contribution in [2.45, 2.75) is 13.2 Å². The van der Waals surface area contributed by atoms with Crippen molar-refractivity contribution in [2.24, 2.45) is 0 Å². The summed E-state index contributed by atoms with van der Waals surface area (Å²) in [7, 11) is 0. The van der Waals surface area contributed by atoms with Crippen molar-refractivity contribution >= 4 is 0 Å². The van der Waals surface area contributed by atoms with Gasteiger partial charge in [0.1, 0.15) is 0 Å². The van der Waals surface area contributed by atoms with Crippen LogP contribution in [0.2, 0.25) is 0 Å². The summed E-state index contributed by atoms with van der Waals surface area (Å²) in [6.45, 7) is 0.605. The maximum absolute atomic E-state index is 8.88. The van der Waals surface area contributed by atoms with Crippen molar-refractivity contribution in [1.29, 1.82) is 5.26 Å². The van der Waals surface area contributed by atoms with Crippen LogP contribution in [0.1, 0.15) is 16.8 Å². The second kappa shape index (κ2) is 4.60. The fourth-order valence-electron chi connectivity index (χ4n) is 1.52. The number of aromatic nitrogens is 2. The van der Waals surface area contributed by atoms with Crippen molar-refractivity contribution in [3.8, 4) is 6.07 Å². The molecule has 0 radical (unpaired) electrons. The van der Waals surface area contributed by atoms with Crippen LogP contribution in [0, 0.1) is 11.3 Å². The highest BCUT2D eigenvalue weighted by Crippen LogP contribution is 2.07. The summed E-state index contributed by atoms with van der Waals surface area (Å²) in [4.78, 5) is 4.02. The zero-order chi connectivity index (χ0) is 11.4. The highest BCUT2D eigenvalue weighted by molar-refractivity contribution is 5.32. The number of hydrogen-bond acceptors (Lipinski definition) is 3. The molecule has 16 heavy (non-hydrogen) atoms. The summed E-state index contributed by atoms with van der Waals surface area (Å²) in [6, 6.07) is 9.54. The molecule has 0 fully saturated rings. The number of rotatable bonds is 3. The van der Waals surface area contributed by atoms with Crippen LogP contribution in [0.25, 0.3) is 0 Å². The maximum Gasteiger partial charge on any atom is 0.0991 e. The zero-order valence-electron chi connectivity index (χ0n) is 8.67. The van der Waals surface area contributed by atoms with Gasteiger partial charge in [0, 0.05) is 12.7 Å². The molecule has 0 saturated carbocycles. The fraction of sp³-hybridized carbons (Fsp3) is 0.167. The first kappa shape index (κ1) is 10.4. The Morgan fingerprint density at radius 1 is 1.44 bits per heavy atom. The van der Waals surface area contributed by atoms with E-state index in [-0.39, 0.29) is 6.61 Å². The highest BCUT2D eigenvalue weighted by Gasteiger charge is 1.99. The first-order chi connectivity index (χ1) is 7.81. The summed E-state index contributed by atoms with van der Waals surface area (Å²) in [5, 5.41) is 17.6. The summed E-state index contributed by atoms with van der Waals surface area (Å²) < 4.78 is 1.88. The van der Waals surface area contributed by atoms with Crippen LogP contribution < -0.4 is 0 Å². The lowest BCUT2D eigenvalue weighted by Crippen LogP contribution is -1.96. The Balaban J connectivity index is 2.17. The Kier molecular flexibility index (Phi) is 2.99. The molecule has 4 nitrogen and oxygen atoms in total. The summed E-state index contributed by atoms with van der Waals surface area (Å²) in [6.07, 6.45) is 3.46. The molecule has 0 aliphatic heterocycles. The van der Waals surface area contributed by atoms with E-state index in [2.05, 4.69) is 11.1 Å². The number of nitriles is 1. The van der Waals surface area contributed by atoms with E-state index in [0.717, 1.165) is 5.56 Å². The molecule has 0 spiro atoms. The van der Waals surface area contributed by atoms with Crippen LogP contribution >= 0.6 is 0 Å². The molecular weight excluding hydrogens is 202 g/mol. The van der Waals surface area contributed by atoms with Crippen molar-refractivity contribution in [3.63, 3.8) is 0 Å². The van der Waals surface area contributed by atoms with E-state index in [1.165, 1.54) is 0 Å². The second-order valence-electron chi connectivity index (χ2n) is 3.51. The maximum atomic E-state index is 8.88. The van der Waals surface area contributed by atoms with E-state index in [1.807, 2.05) is 22.8 Å². The molecule has 2 aromatic rings. The second-order valence-corrected chi connectivity index (χ2v) is 3.51. The number of hydrogen-bond donors (Lipinski definition) is 1. The molecule has 2 rings (SSSR count). The first-order valence-corrected chi connectivity index (χ1v) is 4.92. The van der Waals surface area contributed by atoms with E-state index in [1.54, 1.807) is 18.6 Å². The molecule has 80 valence electrons. The van der Waals surface area contributed by atoms with Gasteiger partial charge in [-0.15, -0.1) is 0 Å². The van der Waals surface area contributed by atoms with Gasteiger partial charge < -0.3 is 9.67 Å². The largest absolute Gasteiger partial charge is 0.390 e. The summed E-state index contributed by atoms with van der Waals surface area (Å²) in [5.41, 5.74) is 2.34. The Labute approximate surface area is 93.4 Å². The van der Waals surface area contributed by atoms with Gasteiger partial charge in [0.05, 0.1) is 30.3 Å². The van der Waals surface area contributed by atoms with E-state index >= 15 is 0 Å². The molecular formula is C12H11N3O. The minimum atomic E-state index is -0.0504. The first-order valence-electron chi connectivity index (χ1n) is 4.92. The number of benzene rings is 1. The lowest BCUT2D eigenvalue weighted by Gasteiger charge is -2.02. The van der Waals surface area contributed by atoms with Gasteiger partial charge in [0.2, 0.25) is 0 Å². The molecule has 0 aliphatic rings. The van der Waals surface area contributed by atoms with Gasteiger partial charge in [0.15, 0.2) is 0 Å². The predicted octanol–water partition coefficient (Wildman–Crippen LogP) is 1.30. The van der Waals surface area contributed by atoms with Crippen molar-refractivity contribution in [1.82, 2.24) is 9.55 Å². The van der Waals surface area contributed by atoms with Gasteiger partial charge in [0.25, 0.3) is 0 Å². The van der Waals surface area contributed by atoms with Gasteiger partial charge in [-0.25, -0.2) is 4.98 Å². The molecule has 0 unspecified atom stereocenters. The smallest absolute Gasteiger partial charge is 0.0991 e. The van der Waals surface area contributed by atoms with Gasteiger partial charge in [-0.1, -0.05) is 12.1 Å². The minimum absolute atomic E-state index is 0.0504. The lowest BCUT2D eigenvalue weighted by molar-refractivity contribution is 0.277. The van der Waals surface area contributed by atoms with Gasteiger partial charge >= 0.3 is 0 Å². The van der Waals surface area contributed by atoms with E-state index in [0.29, 0.717) is 17.8 Å². The topological polar surface area (TPSA) is 61.8 Å². The molecule has 1 N–H and O–H groups in total. The normalized spacial score (nSPS) is 10.0. The van der Waals surface area contributed by atoms with E-state index < -0.39 is 0 Å². The average molecular weight is 213 g/mol. The van der Waals surface area contributed by atoms with Crippen LogP contribution in [0.4, 0.5) is 0 Å². The average Bonchev–Trinajstić information content (AvgIpc) is 2.77. The molecule has 1 heterocycles. The molecule has 0 amide bonds. The molecule has 0 bridgehead atoms. The molecule has 1 aromatic heterocycles. The third-order valence-corrected chi connectivity index (χ3v) is 2.27. The number of aliphatic hydroxyl groups is 1. The Morgan fingerprint density at radius 2 is 2.31 bits per heavy atom. The van der Waals surface area contributed by atoms with Gasteiger partial charge in [-0.3, -0.25) is 0 Å². The molecule has 4 heteroatoms. The summed E-state index contributed by atoms with van der Waals surface area (Å²) >= 11 is 0. The third-order valence-electron chi connectivity index (χ3n) is 2.27. The van der Waals surface area contributed by atoms with Gasteiger partial charge in [-0.2, -0.15) is 5.26 Å². The van der Waals surface area contributed by atoms with E-state index in [9.17, 15) is 0 Å². The Bertz CT molecular complexity index is 525. The Morgan fingerprint density at radius 3 is 3.00 bits per heavy atom. The van der Waals surface area contributed by atoms with Crippen molar-refractivity contribution in [3.05, 3.63) is 53.6 Å². The number of aliphatic hydroxyl groups excluding tert-OH is 1. The molecule has 0 aliphatic carbocycles. The van der Waals surface area contributed by atoms with Crippen LogP contribution in [-0.4, -0.2) is 14.7 Å². The molecule has 0 saturated heterocycles. The quantitative estimate of drug-likeness (QED) is 0.835.